The van der Waals surface area contributed by atoms with E-state index in [1.807, 2.05) is 36.4 Å². The third-order valence-electron chi connectivity index (χ3n) is 2.33. The molecule has 1 heterocycles. The van der Waals surface area contributed by atoms with Crippen molar-refractivity contribution in [3.05, 3.63) is 54.4 Å². The number of carbonyl (C=O) groups is 1. The van der Waals surface area contributed by atoms with Crippen LogP contribution in [0.25, 0.3) is 11.1 Å². The molecule has 0 saturated heterocycles. The molecular formula is C13H11NO2. The normalized spacial score (nSPS) is 10.0. The smallest absolute Gasteiger partial charge is 0.307 e. The first kappa shape index (κ1) is 10.4. The van der Waals surface area contributed by atoms with E-state index >= 15 is 0 Å². The average molecular weight is 213 g/mol. The van der Waals surface area contributed by atoms with E-state index in [-0.39, 0.29) is 6.42 Å². The molecular weight excluding hydrogens is 202 g/mol. The number of aliphatic carboxylic acids is 1. The van der Waals surface area contributed by atoms with Crippen molar-refractivity contribution in [1.29, 1.82) is 0 Å². The van der Waals surface area contributed by atoms with Gasteiger partial charge >= 0.3 is 5.97 Å². The fraction of sp³-hybridized carbons (Fsp3) is 0.0769. The second kappa shape index (κ2) is 4.57. The van der Waals surface area contributed by atoms with Crippen molar-refractivity contribution in [2.75, 3.05) is 0 Å². The maximum absolute atomic E-state index is 10.7. The number of rotatable bonds is 3. The van der Waals surface area contributed by atoms with Crippen LogP contribution in [0.1, 0.15) is 5.56 Å². The summed E-state index contributed by atoms with van der Waals surface area (Å²) in [4.78, 5) is 14.8. The standard InChI is InChI=1S/C13H11NO2/c15-13(16)8-10-4-1-2-6-12(10)11-5-3-7-14-9-11/h1-7,9H,8H2,(H,15,16). The molecule has 0 aliphatic carbocycles. The van der Waals surface area contributed by atoms with Gasteiger partial charge in [0.05, 0.1) is 6.42 Å². The third-order valence-corrected chi connectivity index (χ3v) is 2.33. The van der Waals surface area contributed by atoms with Crippen LogP contribution in [0.4, 0.5) is 0 Å². The van der Waals surface area contributed by atoms with Crippen LogP contribution in [0.2, 0.25) is 0 Å². The van der Waals surface area contributed by atoms with Gasteiger partial charge in [-0.3, -0.25) is 9.78 Å². The van der Waals surface area contributed by atoms with Crippen molar-refractivity contribution in [2.24, 2.45) is 0 Å². The Morgan fingerprint density at radius 1 is 1.19 bits per heavy atom. The fourth-order valence-electron chi connectivity index (χ4n) is 1.64. The summed E-state index contributed by atoms with van der Waals surface area (Å²) in [6.07, 6.45) is 3.47. The molecule has 0 saturated carbocycles. The van der Waals surface area contributed by atoms with E-state index < -0.39 is 5.97 Å². The molecule has 2 aromatic rings. The summed E-state index contributed by atoms with van der Waals surface area (Å²) in [5.74, 6) is -0.823. The van der Waals surface area contributed by atoms with Crippen LogP contribution in [0.5, 0.6) is 0 Å². The van der Waals surface area contributed by atoms with Crippen LogP contribution < -0.4 is 0 Å². The Bertz CT molecular complexity index is 494. The van der Waals surface area contributed by atoms with Gasteiger partial charge in [0.15, 0.2) is 0 Å². The highest BCUT2D eigenvalue weighted by Crippen LogP contribution is 2.22. The van der Waals surface area contributed by atoms with E-state index in [0.29, 0.717) is 0 Å². The Morgan fingerprint density at radius 2 is 2.00 bits per heavy atom. The Hall–Kier alpha value is -2.16. The average Bonchev–Trinajstić information content (AvgIpc) is 2.30. The minimum atomic E-state index is -0.823. The lowest BCUT2D eigenvalue weighted by Crippen LogP contribution is -2.01. The lowest BCUT2D eigenvalue weighted by Gasteiger charge is -2.06. The van der Waals surface area contributed by atoms with Crippen molar-refractivity contribution < 1.29 is 9.90 Å². The minimum absolute atomic E-state index is 0.0328. The van der Waals surface area contributed by atoms with Crippen LogP contribution in [-0.4, -0.2) is 16.1 Å². The van der Waals surface area contributed by atoms with Crippen LogP contribution >= 0.6 is 0 Å². The quantitative estimate of drug-likeness (QED) is 0.851. The van der Waals surface area contributed by atoms with E-state index in [1.165, 1.54) is 0 Å². The van der Waals surface area contributed by atoms with Crippen molar-refractivity contribution in [2.45, 2.75) is 6.42 Å². The highest BCUT2D eigenvalue weighted by molar-refractivity contribution is 5.76. The van der Waals surface area contributed by atoms with Crippen molar-refractivity contribution in [1.82, 2.24) is 4.98 Å². The number of benzene rings is 1. The maximum atomic E-state index is 10.7. The molecule has 1 aromatic carbocycles. The summed E-state index contributed by atoms with van der Waals surface area (Å²) >= 11 is 0. The van der Waals surface area contributed by atoms with Crippen LogP contribution in [0.3, 0.4) is 0 Å². The number of hydrogen-bond donors (Lipinski definition) is 1. The van der Waals surface area contributed by atoms with E-state index in [2.05, 4.69) is 4.98 Å². The zero-order valence-corrected chi connectivity index (χ0v) is 8.63. The molecule has 3 nitrogen and oxygen atoms in total. The van der Waals surface area contributed by atoms with E-state index in [0.717, 1.165) is 16.7 Å². The van der Waals surface area contributed by atoms with Crippen LogP contribution in [0.15, 0.2) is 48.8 Å². The van der Waals surface area contributed by atoms with Crippen molar-refractivity contribution in [3.8, 4) is 11.1 Å². The first-order valence-electron chi connectivity index (χ1n) is 4.97. The van der Waals surface area contributed by atoms with Crippen LogP contribution in [0, 0.1) is 0 Å². The highest BCUT2D eigenvalue weighted by atomic mass is 16.4. The largest absolute Gasteiger partial charge is 0.481 e. The van der Waals surface area contributed by atoms with Gasteiger partial charge in [-0.1, -0.05) is 30.3 Å². The first-order chi connectivity index (χ1) is 7.77. The molecule has 1 aromatic heterocycles. The lowest BCUT2D eigenvalue weighted by molar-refractivity contribution is -0.136. The summed E-state index contributed by atoms with van der Waals surface area (Å²) in [5.41, 5.74) is 2.68. The Morgan fingerprint density at radius 3 is 2.69 bits per heavy atom. The summed E-state index contributed by atoms with van der Waals surface area (Å²) in [6, 6.07) is 11.2. The fourth-order valence-corrected chi connectivity index (χ4v) is 1.64. The van der Waals surface area contributed by atoms with E-state index in [4.69, 9.17) is 5.11 Å². The van der Waals surface area contributed by atoms with Gasteiger partial charge in [-0.25, -0.2) is 0 Å². The maximum Gasteiger partial charge on any atom is 0.307 e. The van der Waals surface area contributed by atoms with Gasteiger partial charge in [-0.05, 0) is 17.2 Å². The Balaban J connectivity index is 2.44. The molecule has 0 aliphatic rings. The van der Waals surface area contributed by atoms with Crippen LogP contribution in [-0.2, 0) is 11.2 Å². The molecule has 0 bridgehead atoms. The first-order valence-corrected chi connectivity index (χ1v) is 4.97. The van der Waals surface area contributed by atoms with Gasteiger partial charge in [-0.2, -0.15) is 0 Å². The molecule has 0 fully saturated rings. The number of hydrogen-bond acceptors (Lipinski definition) is 2. The van der Waals surface area contributed by atoms with Gasteiger partial charge in [0.2, 0.25) is 0 Å². The monoisotopic (exact) mass is 213 g/mol. The number of pyridine rings is 1. The second-order valence-electron chi connectivity index (χ2n) is 3.47. The molecule has 0 aliphatic heterocycles. The molecule has 0 radical (unpaired) electrons. The summed E-state index contributed by atoms with van der Waals surface area (Å²) in [5, 5.41) is 8.82. The minimum Gasteiger partial charge on any atom is -0.481 e. The molecule has 3 heteroatoms. The molecule has 0 atom stereocenters. The van der Waals surface area contributed by atoms with E-state index in [9.17, 15) is 4.79 Å². The Labute approximate surface area is 93.4 Å². The second-order valence-corrected chi connectivity index (χ2v) is 3.47. The van der Waals surface area contributed by atoms with Crippen molar-refractivity contribution in [3.63, 3.8) is 0 Å². The lowest BCUT2D eigenvalue weighted by atomic mass is 9.99. The molecule has 0 amide bonds. The molecule has 0 unspecified atom stereocenters. The topological polar surface area (TPSA) is 50.2 Å². The number of aromatic nitrogens is 1. The number of nitrogens with zero attached hydrogens (tertiary/aromatic N) is 1. The van der Waals surface area contributed by atoms with Gasteiger partial charge in [0.25, 0.3) is 0 Å². The zero-order valence-electron chi connectivity index (χ0n) is 8.63. The SMILES string of the molecule is O=C(O)Cc1ccccc1-c1cccnc1. The molecule has 0 spiro atoms. The molecule has 80 valence electrons. The van der Waals surface area contributed by atoms with E-state index in [1.54, 1.807) is 12.4 Å². The third kappa shape index (κ3) is 2.25. The summed E-state index contributed by atoms with van der Waals surface area (Å²) in [6.45, 7) is 0. The number of carboxylic acid groups (broad SMARTS) is 1. The molecule has 2 rings (SSSR count). The predicted octanol–water partition coefficient (Wildman–Crippen LogP) is 2.38. The van der Waals surface area contributed by atoms with Gasteiger partial charge in [0, 0.05) is 18.0 Å². The molecule has 1 N–H and O–H groups in total. The van der Waals surface area contributed by atoms with Crippen molar-refractivity contribution >= 4 is 5.97 Å². The Kier molecular flexibility index (Phi) is 2.96. The zero-order chi connectivity index (χ0) is 11.4. The van der Waals surface area contributed by atoms with Gasteiger partial charge in [0.1, 0.15) is 0 Å². The summed E-state index contributed by atoms with van der Waals surface area (Å²) in [7, 11) is 0. The van der Waals surface area contributed by atoms with Gasteiger partial charge in [-0.15, -0.1) is 0 Å². The summed E-state index contributed by atoms with van der Waals surface area (Å²) < 4.78 is 0. The molecule has 16 heavy (non-hydrogen) atoms. The van der Waals surface area contributed by atoms with Gasteiger partial charge < -0.3 is 5.11 Å². The highest BCUT2D eigenvalue weighted by Gasteiger charge is 2.07. The predicted molar refractivity (Wildman–Crippen MR) is 61.0 cm³/mol. The number of carboxylic acids is 1.